The van der Waals surface area contributed by atoms with Gasteiger partial charge < -0.3 is 10.5 Å². The lowest BCUT2D eigenvalue weighted by Gasteiger charge is -2.17. The first kappa shape index (κ1) is 14.1. The van der Waals surface area contributed by atoms with Crippen molar-refractivity contribution in [3.8, 4) is 5.75 Å². The second-order valence-electron chi connectivity index (χ2n) is 4.67. The second kappa shape index (κ2) is 5.60. The van der Waals surface area contributed by atoms with Crippen LogP contribution in [0.2, 0.25) is 0 Å². The maximum Gasteiger partial charge on any atom is 0.131 e. The minimum atomic E-state index is -1.17. The summed E-state index contributed by atoms with van der Waals surface area (Å²) in [6.07, 6.45) is 0. The zero-order valence-electron chi connectivity index (χ0n) is 10.3. The van der Waals surface area contributed by atoms with Gasteiger partial charge >= 0.3 is 0 Å². The monoisotopic (exact) mass is 259 g/mol. The lowest BCUT2D eigenvalue weighted by Crippen LogP contribution is -2.38. The van der Waals surface area contributed by atoms with Gasteiger partial charge in [0.15, 0.2) is 0 Å². The third kappa shape index (κ3) is 4.83. The molecule has 0 bridgehead atoms. The van der Waals surface area contributed by atoms with Crippen LogP contribution in [-0.2, 0) is 16.6 Å². The molecular formula is C12H18FNO2S. The van der Waals surface area contributed by atoms with E-state index in [1.807, 2.05) is 0 Å². The largest absolute Gasteiger partial charge is 0.497 e. The summed E-state index contributed by atoms with van der Waals surface area (Å²) in [5.74, 6) is 0.582. The molecule has 0 aliphatic carbocycles. The van der Waals surface area contributed by atoms with Crippen LogP contribution in [0.5, 0.6) is 5.75 Å². The van der Waals surface area contributed by atoms with E-state index in [2.05, 4.69) is 0 Å². The molecule has 0 heterocycles. The molecule has 1 atom stereocenters. The molecule has 1 aromatic rings. The zero-order valence-corrected chi connectivity index (χ0v) is 11.1. The van der Waals surface area contributed by atoms with Crippen LogP contribution in [0.15, 0.2) is 18.2 Å². The van der Waals surface area contributed by atoms with Crippen molar-refractivity contribution in [1.82, 2.24) is 0 Å². The molecule has 0 aromatic heterocycles. The van der Waals surface area contributed by atoms with Crippen molar-refractivity contribution in [3.05, 3.63) is 29.6 Å². The predicted octanol–water partition coefficient (Wildman–Crippen LogP) is 1.82. The Morgan fingerprint density at radius 1 is 1.47 bits per heavy atom. The van der Waals surface area contributed by atoms with E-state index in [-0.39, 0.29) is 5.75 Å². The number of hydrogen-bond acceptors (Lipinski definition) is 3. The van der Waals surface area contributed by atoms with Gasteiger partial charge in [-0.2, -0.15) is 0 Å². The molecule has 0 aliphatic rings. The van der Waals surface area contributed by atoms with E-state index in [9.17, 15) is 8.60 Å². The minimum Gasteiger partial charge on any atom is -0.497 e. The van der Waals surface area contributed by atoms with E-state index < -0.39 is 22.2 Å². The van der Waals surface area contributed by atoms with Crippen molar-refractivity contribution in [2.45, 2.75) is 25.1 Å². The predicted molar refractivity (Wildman–Crippen MR) is 67.9 cm³/mol. The number of ether oxygens (including phenoxy) is 1. The highest BCUT2D eigenvalue weighted by atomic mass is 32.2. The molecule has 1 rings (SSSR count). The summed E-state index contributed by atoms with van der Waals surface area (Å²) in [6.45, 7) is 3.60. The van der Waals surface area contributed by atoms with E-state index in [0.29, 0.717) is 17.1 Å². The Balaban J connectivity index is 2.72. The molecular weight excluding hydrogens is 241 g/mol. The quantitative estimate of drug-likeness (QED) is 0.877. The zero-order chi connectivity index (χ0) is 13.1. The fraction of sp³-hybridized carbons (Fsp3) is 0.500. The highest BCUT2D eigenvalue weighted by Crippen LogP contribution is 2.18. The lowest BCUT2D eigenvalue weighted by molar-refractivity contribution is 0.411. The van der Waals surface area contributed by atoms with Crippen molar-refractivity contribution < 1.29 is 13.3 Å². The Hall–Kier alpha value is -0.940. The molecule has 0 aliphatic heterocycles. The van der Waals surface area contributed by atoms with Crippen LogP contribution in [0, 0.1) is 5.82 Å². The van der Waals surface area contributed by atoms with Crippen LogP contribution in [0.3, 0.4) is 0 Å². The molecule has 96 valence electrons. The van der Waals surface area contributed by atoms with E-state index in [0.717, 1.165) is 0 Å². The summed E-state index contributed by atoms with van der Waals surface area (Å²) < 4.78 is 30.3. The summed E-state index contributed by atoms with van der Waals surface area (Å²) in [5, 5.41) is 0. The first-order valence-corrected chi connectivity index (χ1v) is 6.77. The molecule has 0 fully saturated rings. The first-order chi connectivity index (χ1) is 7.81. The third-order valence-corrected chi connectivity index (χ3v) is 3.81. The SMILES string of the molecule is COc1ccc(CS(=O)CC(C)(C)N)c(F)c1. The van der Waals surface area contributed by atoms with E-state index in [1.54, 1.807) is 26.0 Å². The molecule has 0 radical (unpaired) electrons. The fourth-order valence-electron chi connectivity index (χ4n) is 1.41. The van der Waals surface area contributed by atoms with E-state index >= 15 is 0 Å². The van der Waals surface area contributed by atoms with Gasteiger partial charge in [-0.1, -0.05) is 6.07 Å². The summed E-state index contributed by atoms with van der Waals surface area (Å²) in [5.41, 5.74) is 5.69. The topological polar surface area (TPSA) is 52.3 Å². The molecule has 1 aromatic carbocycles. The van der Waals surface area contributed by atoms with Crippen molar-refractivity contribution in [3.63, 3.8) is 0 Å². The molecule has 2 N–H and O–H groups in total. The van der Waals surface area contributed by atoms with Crippen LogP contribution >= 0.6 is 0 Å². The minimum absolute atomic E-state index is 0.177. The second-order valence-corrected chi connectivity index (χ2v) is 6.13. The Morgan fingerprint density at radius 3 is 2.59 bits per heavy atom. The van der Waals surface area contributed by atoms with Gasteiger partial charge in [0.25, 0.3) is 0 Å². The molecule has 0 amide bonds. The number of hydrogen-bond donors (Lipinski definition) is 1. The summed E-state index contributed by atoms with van der Waals surface area (Å²) in [6, 6.07) is 4.54. The molecule has 3 nitrogen and oxygen atoms in total. The van der Waals surface area contributed by atoms with Gasteiger partial charge in [-0.05, 0) is 19.9 Å². The molecule has 0 saturated heterocycles. The van der Waals surface area contributed by atoms with Crippen LogP contribution in [-0.4, -0.2) is 22.6 Å². The van der Waals surface area contributed by atoms with Gasteiger partial charge in [0, 0.05) is 33.7 Å². The van der Waals surface area contributed by atoms with Crippen LogP contribution in [0.1, 0.15) is 19.4 Å². The third-order valence-electron chi connectivity index (χ3n) is 2.11. The molecule has 5 heteroatoms. The van der Waals surface area contributed by atoms with E-state index in [1.165, 1.54) is 13.2 Å². The molecule has 1 unspecified atom stereocenters. The summed E-state index contributed by atoms with van der Waals surface area (Å²) in [4.78, 5) is 0. The van der Waals surface area contributed by atoms with Crippen molar-refractivity contribution in [2.75, 3.05) is 12.9 Å². The van der Waals surface area contributed by atoms with Gasteiger partial charge in [0.2, 0.25) is 0 Å². The molecule has 0 saturated carbocycles. The van der Waals surface area contributed by atoms with Gasteiger partial charge in [-0.3, -0.25) is 4.21 Å². The standard InChI is InChI=1S/C12H18FNO2S/c1-12(2,14)8-17(15)7-9-4-5-10(16-3)6-11(9)13/h4-6H,7-8,14H2,1-3H3. The number of nitrogens with two attached hydrogens (primary N) is 1. The maximum atomic E-state index is 13.6. The average molecular weight is 259 g/mol. The normalized spacial score (nSPS) is 13.5. The van der Waals surface area contributed by atoms with Crippen LogP contribution < -0.4 is 10.5 Å². The Labute approximate surface area is 104 Å². The highest BCUT2D eigenvalue weighted by molar-refractivity contribution is 7.84. The van der Waals surface area contributed by atoms with E-state index in [4.69, 9.17) is 10.5 Å². The Morgan fingerprint density at radius 2 is 2.12 bits per heavy atom. The van der Waals surface area contributed by atoms with Gasteiger partial charge in [-0.25, -0.2) is 4.39 Å². The van der Waals surface area contributed by atoms with Crippen molar-refractivity contribution in [1.29, 1.82) is 0 Å². The summed E-state index contributed by atoms with van der Waals surface area (Å²) in [7, 11) is 0.311. The maximum absolute atomic E-state index is 13.6. The molecule has 0 spiro atoms. The number of methoxy groups -OCH3 is 1. The molecule has 17 heavy (non-hydrogen) atoms. The number of benzene rings is 1. The smallest absolute Gasteiger partial charge is 0.131 e. The number of rotatable bonds is 5. The Kier molecular flexibility index (Phi) is 4.65. The van der Waals surface area contributed by atoms with Gasteiger partial charge in [0.1, 0.15) is 11.6 Å². The van der Waals surface area contributed by atoms with Crippen LogP contribution in [0.25, 0.3) is 0 Å². The summed E-state index contributed by atoms with van der Waals surface area (Å²) >= 11 is 0. The fourth-order valence-corrected chi connectivity index (χ4v) is 2.92. The Bertz CT molecular complexity index is 415. The lowest BCUT2D eigenvalue weighted by atomic mass is 10.1. The van der Waals surface area contributed by atoms with Gasteiger partial charge in [0.05, 0.1) is 12.9 Å². The first-order valence-electron chi connectivity index (χ1n) is 5.28. The van der Waals surface area contributed by atoms with Crippen LogP contribution in [0.4, 0.5) is 4.39 Å². The number of halogens is 1. The average Bonchev–Trinajstić information content (AvgIpc) is 2.18. The van der Waals surface area contributed by atoms with Crippen molar-refractivity contribution >= 4 is 10.8 Å². The highest BCUT2D eigenvalue weighted by Gasteiger charge is 2.16. The van der Waals surface area contributed by atoms with Crippen molar-refractivity contribution in [2.24, 2.45) is 5.73 Å². The van der Waals surface area contributed by atoms with Gasteiger partial charge in [-0.15, -0.1) is 0 Å².